The van der Waals surface area contributed by atoms with Gasteiger partial charge in [-0.05, 0) is 29.8 Å². The van der Waals surface area contributed by atoms with Crippen molar-refractivity contribution < 1.29 is 14.6 Å². The molecule has 100 valence electrons. The maximum absolute atomic E-state index is 10.7. The summed E-state index contributed by atoms with van der Waals surface area (Å²) in [6.07, 6.45) is 1.78. The first-order valence-corrected chi connectivity index (χ1v) is 6.01. The maximum atomic E-state index is 10.7. The van der Waals surface area contributed by atoms with E-state index < -0.39 is 5.97 Å². The number of methoxy groups -OCH3 is 1. The minimum atomic E-state index is -0.824. The van der Waals surface area contributed by atoms with Crippen LogP contribution in [0.3, 0.4) is 0 Å². The van der Waals surface area contributed by atoms with Crippen LogP contribution in [-0.2, 0) is 4.79 Å². The third kappa shape index (κ3) is 3.13. The van der Waals surface area contributed by atoms with E-state index in [4.69, 9.17) is 9.84 Å². The van der Waals surface area contributed by atoms with Crippen molar-refractivity contribution in [1.82, 2.24) is 9.97 Å². The summed E-state index contributed by atoms with van der Waals surface area (Å²) in [5.74, 6) is 0.523. The predicted molar refractivity (Wildman–Crippen MR) is 71.2 cm³/mol. The first kappa shape index (κ1) is 13.1. The molecule has 1 aromatic carbocycles. The highest BCUT2D eigenvalue weighted by Gasteiger charge is 2.14. The summed E-state index contributed by atoms with van der Waals surface area (Å²) in [6.45, 7) is 1.84. The van der Waals surface area contributed by atoms with E-state index in [1.807, 2.05) is 31.2 Å². The van der Waals surface area contributed by atoms with E-state index in [1.165, 1.54) is 0 Å². The second-order valence-electron chi connectivity index (χ2n) is 4.41. The van der Waals surface area contributed by atoms with Gasteiger partial charge in [0, 0.05) is 5.92 Å². The number of aliphatic carboxylic acids is 1. The lowest BCUT2D eigenvalue weighted by atomic mass is 10.1. The molecule has 0 saturated carbocycles. The molecule has 5 nitrogen and oxygen atoms in total. The first-order chi connectivity index (χ1) is 9.10. The molecule has 19 heavy (non-hydrogen) atoms. The molecule has 0 aliphatic rings. The van der Waals surface area contributed by atoms with Crippen LogP contribution in [0, 0.1) is 0 Å². The Labute approximate surface area is 111 Å². The number of H-pyrrole nitrogens is 1. The average Bonchev–Trinajstić information content (AvgIpc) is 2.88. The first-order valence-electron chi connectivity index (χ1n) is 6.01. The van der Waals surface area contributed by atoms with Gasteiger partial charge in [-0.2, -0.15) is 0 Å². The summed E-state index contributed by atoms with van der Waals surface area (Å²) < 4.78 is 5.10. The standard InChI is InChI=1S/C14H16N2O3/c1-9(7-13(17)18)14-15-8-12(16-14)10-3-5-11(19-2)6-4-10/h3-6,8-9H,7H2,1-2H3,(H,15,16)(H,17,18). The van der Waals surface area contributed by atoms with Crippen molar-refractivity contribution in [3.8, 4) is 17.0 Å². The molecule has 0 spiro atoms. The van der Waals surface area contributed by atoms with E-state index in [9.17, 15) is 4.79 Å². The number of aromatic nitrogens is 2. The fourth-order valence-electron chi connectivity index (χ4n) is 1.86. The van der Waals surface area contributed by atoms with Gasteiger partial charge in [0.05, 0.1) is 25.4 Å². The third-order valence-corrected chi connectivity index (χ3v) is 2.94. The van der Waals surface area contributed by atoms with Crippen molar-refractivity contribution in [2.24, 2.45) is 0 Å². The van der Waals surface area contributed by atoms with Crippen molar-refractivity contribution in [2.45, 2.75) is 19.3 Å². The number of hydrogen-bond donors (Lipinski definition) is 2. The molecular weight excluding hydrogens is 244 g/mol. The van der Waals surface area contributed by atoms with Crippen LogP contribution in [0.5, 0.6) is 5.75 Å². The highest BCUT2D eigenvalue weighted by molar-refractivity contribution is 5.68. The quantitative estimate of drug-likeness (QED) is 0.866. The molecule has 0 bridgehead atoms. The van der Waals surface area contributed by atoms with Gasteiger partial charge < -0.3 is 14.8 Å². The van der Waals surface area contributed by atoms with Gasteiger partial charge in [0.2, 0.25) is 0 Å². The molecule has 0 aliphatic heterocycles. The SMILES string of the molecule is COc1ccc(-c2cnc(C(C)CC(=O)O)[nH]2)cc1. The monoisotopic (exact) mass is 260 g/mol. The van der Waals surface area contributed by atoms with Crippen LogP contribution in [0.25, 0.3) is 11.3 Å². The van der Waals surface area contributed by atoms with Gasteiger partial charge in [0.15, 0.2) is 0 Å². The van der Waals surface area contributed by atoms with E-state index in [0.717, 1.165) is 17.0 Å². The lowest BCUT2D eigenvalue weighted by molar-refractivity contribution is -0.137. The highest BCUT2D eigenvalue weighted by atomic mass is 16.5. The number of nitrogens with zero attached hydrogens (tertiary/aromatic N) is 1. The van der Waals surface area contributed by atoms with E-state index in [0.29, 0.717) is 5.82 Å². The number of carbonyl (C=O) groups is 1. The summed E-state index contributed by atoms with van der Waals surface area (Å²) in [6, 6.07) is 7.60. The Kier molecular flexibility index (Phi) is 3.85. The van der Waals surface area contributed by atoms with Gasteiger partial charge in [-0.3, -0.25) is 4.79 Å². The number of carboxylic acids is 1. The van der Waals surface area contributed by atoms with Crippen molar-refractivity contribution in [1.29, 1.82) is 0 Å². The van der Waals surface area contributed by atoms with Crippen molar-refractivity contribution in [3.05, 3.63) is 36.3 Å². The number of benzene rings is 1. The minimum absolute atomic E-state index is 0.0650. The molecule has 1 atom stereocenters. The van der Waals surface area contributed by atoms with E-state index in [2.05, 4.69) is 9.97 Å². The van der Waals surface area contributed by atoms with E-state index >= 15 is 0 Å². The summed E-state index contributed by atoms with van der Waals surface area (Å²) >= 11 is 0. The molecule has 0 amide bonds. The number of hydrogen-bond acceptors (Lipinski definition) is 3. The molecule has 2 aromatic rings. The zero-order valence-electron chi connectivity index (χ0n) is 10.9. The van der Waals surface area contributed by atoms with Crippen molar-refractivity contribution >= 4 is 5.97 Å². The Morgan fingerprint density at radius 2 is 2.11 bits per heavy atom. The predicted octanol–water partition coefficient (Wildman–Crippen LogP) is 2.66. The van der Waals surface area contributed by atoms with Gasteiger partial charge in [-0.1, -0.05) is 6.92 Å². The second kappa shape index (κ2) is 5.56. The molecule has 0 aliphatic carbocycles. The Balaban J connectivity index is 2.17. The second-order valence-corrected chi connectivity index (χ2v) is 4.41. The molecule has 0 saturated heterocycles. The lowest BCUT2D eigenvalue weighted by Gasteiger charge is -2.04. The van der Waals surface area contributed by atoms with Gasteiger partial charge in [-0.15, -0.1) is 0 Å². The van der Waals surface area contributed by atoms with Crippen molar-refractivity contribution in [2.75, 3.05) is 7.11 Å². The fraction of sp³-hybridized carbons (Fsp3) is 0.286. The Hall–Kier alpha value is -2.30. The molecular formula is C14H16N2O3. The topological polar surface area (TPSA) is 75.2 Å². The van der Waals surface area contributed by atoms with Crippen LogP contribution in [0.1, 0.15) is 25.1 Å². The molecule has 5 heteroatoms. The van der Waals surface area contributed by atoms with Gasteiger partial charge >= 0.3 is 5.97 Å². The van der Waals surface area contributed by atoms with Crippen LogP contribution < -0.4 is 4.74 Å². The Morgan fingerprint density at radius 1 is 1.42 bits per heavy atom. The molecule has 2 rings (SSSR count). The number of nitrogens with one attached hydrogen (secondary N) is 1. The largest absolute Gasteiger partial charge is 0.497 e. The van der Waals surface area contributed by atoms with Gasteiger partial charge in [-0.25, -0.2) is 4.98 Å². The zero-order valence-corrected chi connectivity index (χ0v) is 10.9. The van der Waals surface area contributed by atoms with Gasteiger partial charge in [0.1, 0.15) is 11.6 Å². The molecule has 0 radical (unpaired) electrons. The molecule has 1 heterocycles. The number of carboxylic acid groups (broad SMARTS) is 1. The summed E-state index contributed by atoms with van der Waals surface area (Å²) in [4.78, 5) is 18.1. The number of imidazole rings is 1. The van der Waals surface area contributed by atoms with Crippen LogP contribution in [0.15, 0.2) is 30.5 Å². The summed E-state index contributed by atoms with van der Waals surface area (Å²) in [5, 5.41) is 8.77. The molecule has 1 unspecified atom stereocenters. The average molecular weight is 260 g/mol. The number of rotatable bonds is 5. The van der Waals surface area contributed by atoms with E-state index in [1.54, 1.807) is 13.3 Å². The minimum Gasteiger partial charge on any atom is -0.497 e. The van der Waals surface area contributed by atoms with Crippen LogP contribution >= 0.6 is 0 Å². The van der Waals surface area contributed by atoms with Crippen molar-refractivity contribution in [3.63, 3.8) is 0 Å². The van der Waals surface area contributed by atoms with Crippen LogP contribution in [0.4, 0.5) is 0 Å². The highest BCUT2D eigenvalue weighted by Crippen LogP contribution is 2.23. The van der Waals surface area contributed by atoms with Crippen LogP contribution in [-0.4, -0.2) is 28.2 Å². The van der Waals surface area contributed by atoms with Gasteiger partial charge in [0.25, 0.3) is 0 Å². The Morgan fingerprint density at radius 3 is 2.68 bits per heavy atom. The molecule has 0 fully saturated rings. The zero-order chi connectivity index (χ0) is 13.8. The molecule has 1 aromatic heterocycles. The summed E-state index contributed by atoms with van der Waals surface area (Å²) in [5.41, 5.74) is 1.86. The summed E-state index contributed by atoms with van der Waals surface area (Å²) in [7, 11) is 1.62. The normalized spacial score (nSPS) is 12.1. The number of ether oxygens (including phenoxy) is 1. The van der Waals surface area contributed by atoms with Crippen LogP contribution in [0.2, 0.25) is 0 Å². The Bertz CT molecular complexity index is 560. The maximum Gasteiger partial charge on any atom is 0.304 e. The fourth-order valence-corrected chi connectivity index (χ4v) is 1.86. The molecule has 2 N–H and O–H groups in total. The third-order valence-electron chi connectivity index (χ3n) is 2.94. The van der Waals surface area contributed by atoms with E-state index in [-0.39, 0.29) is 12.3 Å². The lowest BCUT2D eigenvalue weighted by Crippen LogP contribution is -2.04. The smallest absolute Gasteiger partial charge is 0.304 e. The number of aromatic amines is 1.